The first-order chi connectivity index (χ1) is 13.1. The van der Waals surface area contributed by atoms with E-state index in [-0.39, 0.29) is 30.4 Å². The highest BCUT2D eigenvalue weighted by Crippen LogP contribution is 2.23. The van der Waals surface area contributed by atoms with Gasteiger partial charge in [0.2, 0.25) is 11.8 Å². The van der Waals surface area contributed by atoms with E-state index in [9.17, 15) is 9.59 Å². The van der Waals surface area contributed by atoms with Crippen LogP contribution in [0.1, 0.15) is 12.8 Å². The van der Waals surface area contributed by atoms with Gasteiger partial charge in [0, 0.05) is 11.7 Å². The molecule has 3 rings (SSSR count). The summed E-state index contributed by atoms with van der Waals surface area (Å²) < 4.78 is 5.74. The molecular formula is C20H24N4O3. The smallest absolute Gasteiger partial charge is 0.241 e. The van der Waals surface area contributed by atoms with E-state index in [0.717, 1.165) is 12.2 Å². The standard InChI is InChI=1S/C20H24N4O3/c21-13-19(25)23-15-10-11-22-18(12-15)20(26)24-14-6-8-17(9-7-14)27-16-4-2-1-3-5-16/h1-9,15,18,22H,10-13,21H2,(H,23,25)(H,24,26)/t15-,18-/m0/s1. The number of ether oxygens (including phenoxy) is 1. The number of carbonyl (C=O) groups excluding carboxylic acids is 2. The number of hydrogen-bond donors (Lipinski definition) is 4. The molecule has 1 heterocycles. The fraction of sp³-hybridized carbons (Fsp3) is 0.300. The van der Waals surface area contributed by atoms with Crippen molar-refractivity contribution in [3.63, 3.8) is 0 Å². The molecule has 0 saturated carbocycles. The van der Waals surface area contributed by atoms with E-state index in [0.29, 0.717) is 24.4 Å². The largest absolute Gasteiger partial charge is 0.457 e. The predicted molar refractivity (Wildman–Crippen MR) is 104 cm³/mol. The van der Waals surface area contributed by atoms with Crippen LogP contribution in [-0.2, 0) is 9.59 Å². The van der Waals surface area contributed by atoms with E-state index < -0.39 is 0 Å². The Morgan fingerprint density at radius 3 is 2.48 bits per heavy atom. The first-order valence-electron chi connectivity index (χ1n) is 9.00. The predicted octanol–water partition coefficient (Wildman–Crippen LogP) is 1.61. The number of benzene rings is 2. The lowest BCUT2D eigenvalue weighted by atomic mass is 9.98. The van der Waals surface area contributed by atoms with Crippen molar-refractivity contribution in [3.8, 4) is 11.5 Å². The van der Waals surface area contributed by atoms with Crippen LogP contribution in [-0.4, -0.2) is 37.0 Å². The summed E-state index contributed by atoms with van der Waals surface area (Å²) >= 11 is 0. The van der Waals surface area contributed by atoms with Crippen LogP contribution < -0.4 is 26.4 Å². The van der Waals surface area contributed by atoms with Crippen molar-refractivity contribution in [1.82, 2.24) is 10.6 Å². The highest BCUT2D eigenvalue weighted by Gasteiger charge is 2.27. The molecule has 2 atom stereocenters. The third-order valence-corrected chi connectivity index (χ3v) is 4.37. The fourth-order valence-electron chi connectivity index (χ4n) is 3.00. The Balaban J connectivity index is 1.53. The molecule has 0 aromatic heterocycles. The second kappa shape index (κ2) is 9.16. The maximum absolute atomic E-state index is 12.5. The Kier molecular flexibility index (Phi) is 6.40. The van der Waals surface area contributed by atoms with Gasteiger partial charge in [0.25, 0.3) is 0 Å². The average Bonchev–Trinajstić information content (AvgIpc) is 2.70. The topological polar surface area (TPSA) is 105 Å². The van der Waals surface area contributed by atoms with Gasteiger partial charge in [-0.15, -0.1) is 0 Å². The van der Waals surface area contributed by atoms with Crippen LogP contribution >= 0.6 is 0 Å². The molecule has 27 heavy (non-hydrogen) atoms. The molecule has 1 saturated heterocycles. The maximum Gasteiger partial charge on any atom is 0.241 e. The Morgan fingerprint density at radius 1 is 1.07 bits per heavy atom. The van der Waals surface area contributed by atoms with E-state index in [4.69, 9.17) is 10.5 Å². The van der Waals surface area contributed by atoms with Gasteiger partial charge in [-0.3, -0.25) is 9.59 Å². The van der Waals surface area contributed by atoms with Gasteiger partial charge >= 0.3 is 0 Å². The van der Waals surface area contributed by atoms with Crippen LogP contribution in [0.3, 0.4) is 0 Å². The maximum atomic E-state index is 12.5. The minimum Gasteiger partial charge on any atom is -0.457 e. The minimum atomic E-state index is -0.359. The SMILES string of the molecule is NCC(=O)N[C@H]1CCN[C@H](C(=O)Nc2ccc(Oc3ccccc3)cc2)C1. The number of amides is 2. The number of hydrogen-bond acceptors (Lipinski definition) is 5. The molecule has 2 aromatic carbocycles. The van der Waals surface area contributed by atoms with Gasteiger partial charge in [-0.2, -0.15) is 0 Å². The summed E-state index contributed by atoms with van der Waals surface area (Å²) in [6, 6.07) is 16.3. The molecule has 2 aromatic rings. The first kappa shape index (κ1) is 18.9. The van der Waals surface area contributed by atoms with Crippen LogP contribution in [0.5, 0.6) is 11.5 Å². The van der Waals surface area contributed by atoms with Crippen LogP contribution in [0.15, 0.2) is 54.6 Å². The lowest BCUT2D eigenvalue weighted by Gasteiger charge is -2.30. The minimum absolute atomic E-state index is 0.0419. The second-order valence-corrected chi connectivity index (χ2v) is 6.43. The van der Waals surface area contributed by atoms with E-state index in [1.165, 1.54) is 0 Å². The van der Waals surface area contributed by atoms with E-state index >= 15 is 0 Å². The summed E-state index contributed by atoms with van der Waals surface area (Å²) in [5.74, 6) is 1.12. The lowest BCUT2D eigenvalue weighted by molar-refractivity contribution is -0.122. The first-order valence-corrected chi connectivity index (χ1v) is 9.00. The molecule has 1 aliphatic rings. The molecular weight excluding hydrogens is 344 g/mol. The zero-order valence-corrected chi connectivity index (χ0v) is 15.0. The number of piperidine rings is 1. The third kappa shape index (κ3) is 5.54. The zero-order chi connectivity index (χ0) is 19.1. The van der Waals surface area contributed by atoms with Gasteiger partial charge in [-0.1, -0.05) is 18.2 Å². The van der Waals surface area contributed by atoms with E-state index in [1.807, 2.05) is 30.3 Å². The number of carbonyl (C=O) groups is 2. The van der Waals surface area contributed by atoms with Crippen molar-refractivity contribution < 1.29 is 14.3 Å². The summed E-state index contributed by atoms with van der Waals surface area (Å²) in [7, 11) is 0. The highest BCUT2D eigenvalue weighted by molar-refractivity contribution is 5.95. The summed E-state index contributed by atoms with van der Waals surface area (Å²) in [6.07, 6.45) is 1.31. The normalized spacial score (nSPS) is 19.1. The Hall–Kier alpha value is -2.90. The summed E-state index contributed by atoms with van der Waals surface area (Å²) in [6.45, 7) is 0.621. The number of anilines is 1. The molecule has 7 heteroatoms. The van der Waals surface area contributed by atoms with Gasteiger partial charge in [-0.05, 0) is 55.8 Å². The molecule has 2 amide bonds. The number of rotatable bonds is 6. The zero-order valence-electron chi connectivity index (χ0n) is 15.0. The van der Waals surface area contributed by atoms with E-state index in [2.05, 4.69) is 16.0 Å². The van der Waals surface area contributed by atoms with Crippen molar-refractivity contribution in [2.24, 2.45) is 5.73 Å². The number of nitrogens with two attached hydrogens (primary N) is 1. The molecule has 0 bridgehead atoms. The monoisotopic (exact) mass is 368 g/mol. The molecule has 5 N–H and O–H groups in total. The molecule has 142 valence electrons. The fourth-order valence-corrected chi connectivity index (χ4v) is 3.00. The van der Waals surface area contributed by atoms with E-state index in [1.54, 1.807) is 24.3 Å². The molecule has 1 fully saturated rings. The van der Waals surface area contributed by atoms with Crippen LogP contribution in [0.25, 0.3) is 0 Å². The highest BCUT2D eigenvalue weighted by atomic mass is 16.5. The van der Waals surface area contributed by atoms with Crippen molar-refractivity contribution in [3.05, 3.63) is 54.6 Å². The number of para-hydroxylation sites is 1. The lowest BCUT2D eigenvalue weighted by Crippen LogP contribution is -2.53. The van der Waals surface area contributed by atoms with Gasteiger partial charge < -0.3 is 26.4 Å². The van der Waals surface area contributed by atoms with Gasteiger partial charge in [0.1, 0.15) is 11.5 Å². The molecule has 7 nitrogen and oxygen atoms in total. The van der Waals surface area contributed by atoms with Crippen molar-refractivity contribution in [2.75, 3.05) is 18.4 Å². The molecule has 0 spiro atoms. The van der Waals surface area contributed by atoms with Gasteiger partial charge in [-0.25, -0.2) is 0 Å². The van der Waals surface area contributed by atoms with Crippen molar-refractivity contribution in [1.29, 1.82) is 0 Å². The molecule has 0 aliphatic carbocycles. The second-order valence-electron chi connectivity index (χ2n) is 6.43. The van der Waals surface area contributed by atoms with Gasteiger partial charge in [0.05, 0.1) is 12.6 Å². The number of nitrogens with one attached hydrogen (secondary N) is 3. The quantitative estimate of drug-likeness (QED) is 0.620. The summed E-state index contributed by atoms with van der Waals surface area (Å²) in [5.41, 5.74) is 6.02. The Bertz CT molecular complexity index is 765. The van der Waals surface area contributed by atoms with Crippen molar-refractivity contribution >= 4 is 17.5 Å². The van der Waals surface area contributed by atoms with Crippen LogP contribution in [0.4, 0.5) is 5.69 Å². The Labute approximate surface area is 158 Å². The van der Waals surface area contributed by atoms with Crippen molar-refractivity contribution in [2.45, 2.75) is 24.9 Å². The summed E-state index contributed by atoms with van der Waals surface area (Å²) in [5, 5.41) is 8.93. The molecule has 1 aliphatic heterocycles. The molecule has 0 radical (unpaired) electrons. The summed E-state index contributed by atoms with van der Waals surface area (Å²) in [4.78, 5) is 23.9. The Morgan fingerprint density at radius 2 is 1.78 bits per heavy atom. The average molecular weight is 368 g/mol. The van der Waals surface area contributed by atoms with Gasteiger partial charge in [0.15, 0.2) is 0 Å². The molecule has 0 unspecified atom stereocenters. The van der Waals surface area contributed by atoms with Crippen LogP contribution in [0.2, 0.25) is 0 Å². The van der Waals surface area contributed by atoms with Crippen LogP contribution in [0, 0.1) is 0 Å². The third-order valence-electron chi connectivity index (χ3n) is 4.37.